The topological polar surface area (TPSA) is 54.7 Å². The van der Waals surface area contributed by atoms with E-state index in [0.717, 1.165) is 33.5 Å². The monoisotopic (exact) mass is 235 g/mol. The molecule has 4 rings (SSSR count). The van der Waals surface area contributed by atoms with Gasteiger partial charge in [-0.2, -0.15) is 0 Å². The SMILES string of the molecule is c1cnc2cc(-c3cnc4cc[nH]c4c3)oc2c1. The van der Waals surface area contributed by atoms with E-state index in [0.29, 0.717) is 0 Å². The smallest absolute Gasteiger partial charge is 0.153 e. The van der Waals surface area contributed by atoms with Gasteiger partial charge < -0.3 is 9.40 Å². The second kappa shape index (κ2) is 3.43. The number of furan rings is 1. The number of H-pyrrole nitrogens is 1. The summed E-state index contributed by atoms with van der Waals surface area (Å²) in [6.07, 6.45) is 5.45. The molecule has 0 saturated heterocycles. The average Bonchev–Trinajstić information content (AvgIpc) is 3.04. The molecule has 0 bridgehead atoms. The summed E-state index contributed by atoms with van der Waals surface area (Å²) in [5, 5.41) is 0. The summed E-state index contributed by atoms with van der Waals surface area (Å²) in [6.45, 7) is 0. The maximum absolute atomic E-state index is 5.76. The zero-order valence-corrected chi connectivity index (χ0v) is 9.42. The highest BCUT2D eigenvalue weighted by Crippen LogP contribution is 2.27. The Kier molecular flexibility index (Phi) is 1.80. The Morgan fingerprint density at radius 2 is 2.06 bits per heavy atom. The predicted molar refractivity (Wildman–Crippen MR) is 69.1 cm³/mol. The van der Waals surface area contributed by atoms with Crippen molar-refractivity contribution >= 4 is 22.1 Å². The van der Waals surface area contributed by atoms with Gasteiger partial charge in [-0.05, 0) is 24.3 Å². The fourth-order valence-corrected chi connectivity index (χ4v) is 2.08. The quantitative estimate of drug-likeness (QED) is 0.550. The molecule has 4 heterocycles. The molecule has 4 nitrogen and oxygen atoms in total. The first-order valence-electron chi connectivity index (χ1n) is 5.68. The number of pyridine rings is 2. The molecule has 4 aromatic heterocycles. The van der Waals surface area contributed by atoms with Crippen molar-refractivity contribution in [1.82, 2.24) is 15.0 Å². The van der Waals surface area contributed by atoms with E-state index in [9.17, 15) is 0 Å². The Hall–Kier alpha value is -2.62. The highest BCUT2D eigenvalue weighted by Gasteiger charge is 2.08. The van der Waals surface area contributed by atoms with Crippen LogP contribution in [0.15, 0.2) is 53.3 Å². The van der Waals surface area contributed by atoms with Crippen molar-refractivity contribution in [2.45, 2.75) is 0 Å². The van der Waals surface area contributed by atoms with Gasteiger partial charge in [-0.1, -0.05) is 0 Å². The van der Waals surface area contributed by atoms with Crippen LogP contribution in [0.25, 0.3) is 33.5 Å². The first-order valence-corrected chi connectivity index (χ1v) is 5.68. The number of aromatic amines is 1. The molecular formula is C14H9N3O. The van der Waals surface area contributed by atoms with Gasteiger partial charge in [-0.15, -0.1) is 0 Å². The van der Waals surface area contributed by atoms with E-state index >= 15 is 0 Å². The highest BCUT2D eigenvalue weighted by molar-refractivity contribution is 5.83. The average molecular weight is 235 g/mol. The van der Waals surface area contributed by atoms with E-state index in [1.165, 1.54) is 0 Å². The van der Waals surface area contributed by atoms with Crippen LogP contribution in [0, 0.1) is 0 Å². The van der Waals surface area contributed by atoms with Crippen molar-refractivity contribution in [3.8, 4) is 11.3 Å². The Bertz CT molecular complexity index is 811. The normalized spacial score (nSPS) is 11.3. The Morgan fingerprint density at radius 1 is 1.06 bits per heavy atom. The number of rotatable bonds is 1. The molecule has 0 aliphatic carbocycles. The van der Waals surface area contributed by atoms with Gasteiger partial charge in [0.25, 0.3) is 0 Å². The minimum atomic E-state index is 0.785. The molecule has 1 N–H and O–H groups in total. The van der Waals surface area contributed by atoms with Gasteiger partial charge in [0.2, 0.25) is 0 Å². The minimum Gasteiger partial charge on any atom is -0.454 e. The van der Waals surface area contributed by atoms with E-state index in [1.54, 1.807) is 6.20 Å². The Balaban J connectivity index is 1.94. The van der Waals surface area contributed by atoms with Gasteiger partial charge in [0.15, 0.2) is 5.58 Å². The number of aromatic nitrogens is 3. The second-order valence-electron chi connectivity index (χ2n) is 4.13. The van der Waals surface area contributed by atoms with Gasteiger partial charge in [0.05, 0.1) is 11.0 Å². The molecule has 0 saturated carbocycles. The number of nitrogens with one attached hydrogen (secondary N) is 1. The van der Waals surface area contributed by atoms with Crippen LogP contribution < -0.4 is 0 Å². The van der Waals surface area contributed by atoms with E-state index in [2.05, 4.69) is 15.0 Å². The molecule has 0 aliphatic heterocycles. The summed E-state index contributed by atoms with van der Waals surface area (Å²) < 4.78 is 5.76. The van der Waals surface area contributed by atoms with Crippen molar-refractivity contribution < 1.29 is 4.42 Å². The van der Waals surface area contributed by atoms with Gasteiger partial charge in [-0.25, -0.2) is 0 Å². The molecule has 86 valence electrons. The summed E-state index contributed by atoms with van der Waals surface area (Å²) in [5.41, 5.74) is 4.55. The van der Waals surface area contributed by atoms with E-state index in [4.69, 9.17) is 4.42 Å². The molecule has 4 heteroatoms. The van der Waals surface area contributed by atoms with Crippen molar-refractivity contribution in [2.24, 2.45) is 0 Å². The maximum Gasteiger partial charge on any atom is 0.153 e. The molecule has 0 radical (unpaired) electrons. The van der Waals surface area contributed by atoms with Gasteiger partial charge in [0.1, 0.15) is 11.3 Å². The van der Waals surface area contributed by atoms with Crippen molar-refractivity contribution in [3.63, 3.8) is 0 Å². The van der Waals surface area contributed by atoms with Crippen LogP contribution in [0.2, 0.25) is 0 Å². The molecule has 0 aromatic carbocycles. The third-order valence-electron chi connectivity index (χ3n) is 2.97. The number of nitrogens with zero attached hydrogens (tertiary/aromatic N) is 2. The van der Waals surface area contributed by atoms with Gasteiger partial charge in [0, 0.05) is 30.2 Å². The lowest BCUT2D eigenvalue weighted by Gasteiger charge is -1.95. The van der Waals surface area contributed by atoms with E-state index < -0.39 is 0 Å². The Labute approximate surface area is 102 Å². The maximum atomic E-state index is 5.76. The third-order valence-corrected chi connectivity index (χ3v) is 2.97. The van der Waals surface area contributed by atoms with Crippen LogP contribution in [0.5, 0.6) is 0 Å². The third kappa shape index (κ3) is 1.32. The summed E-state index contributed by atoms with van der Waals surface area (Å²) in [7, 11) is 0. The van der Waals surface area contributed by atoms with Crippen LogP contribution in [-0.2, 0) is 0 Å². The molecule has 0 atom stereocenters. The molecule has 18 heavy (non-hydrogen) atoms. The number of fused-ring (bicyclic) bond motifs is 2. The van der Waals surface area contributed by atoms with E-state index in [1.807, 2.05) is 42.7 Å². The van der Waals surface area contributed by atoms with Crippen LogP contribution in [0.3, 0.4) is 0 Å². The lowest BCUT2D eigenvalue weighted by molar-refractivity contribution is 0.631. The van der Waals surface area contributed by atoms with E-state index in [-0.39, 0.29) is 0 Å². The Morgan fingerprint density at radius 3 is 3.00 bits per heavy atom. The van der Waals surface area contributed by atoms with Crippen LogP contribution in [0.1, 0.15) is 0 Å². The summed E-state index contributed by atoms with van der Waals surface area (Å²) in [5.74, 6) is 0.785. The second-order valence-corrected chi connectivity index (χ2v) is 4.13. The summed E-state index contributed by atoms with van der Waals surface area (Å²) in [6, 6.07) is 9.68. The highest BCUT2D eigenvalue weighted by atomic mass is 16.3. The molecule has 0 fully saturated rings. The van der Waals surface area contributed by atoms with Crippen LogP contribution >= 0.6 is 0 Å². The lowest BCUT2D eigenvalue weighted by atomic mass is 10.2. The van der Waals surface area contributed by atoms with Crippen molar-refractivity contribution in [3.05, 3.63) is 48.9 Å². The molecular weight excluding hydrogens is 226 g/mol. The lowest BCUT2D eigenvalue weighted by Crippen LogP contribution is -1.78. The predicted octanol–water partition coefficient (Wildman–Crippen LogP) is 3.37. The van der Waals surface area contributed by atoms with Crippen LogP contribution in [-0.4, -0.2) is 15.0 Å². The summed E-state index contributed by atoms with van der Waals surface area (Å²) in [4.78, 5) is 11.8. The van der Waals surface area contributed by atoms with Gasteiger partial charge in [-0.3, -0.25) is 9.97 Å². The largest absolute Gasteiger partial charge is 0.454 e. The number of hydrogen-bond acceptors (Lipinski definition) is 3. The van der Waals surface area contributed by atoms with Gasteiger partial charge >= 0.3 is 0 Å². The molecule has 0 spiro atoms. The van der Waals surface area contributed by atoms with Crippen molar-refractivity contribution in [2.75, 3.05) is 0 Å². The summed E-state index contributed by atoms with van der Waals surface area (Å²) >= 11 is 0. The fraction of sp³-hybridized carbons (Fsp3) is 0. The molecule has 4 aromatic rings. The molecule has 0 amide bonds. The minimum absolute atomic E-state index is 0.785. The molecule has 0 aliphatic rings. The fourth-order valence-electron chi connectivity index (χ4n) is 2.08. The van der Waals surface area contributed by atoms with Crippen LogP contribution in [0.4, 0.5) is 0 Å². The zero-order chi connectivity index (χ0) is 11.9. The first kappa shape index (κ1) is 9.41. The molecule has 0 unspecified atom stereocenters. The number of hydrogen-bond donors (Lipinski definition) is 1. The standard InChI is InChI=1S/C14H9N3O/c1-2-13-12(15-4-1)7-14(18-13)9-6-11-10(17-8-9)3-5-16-11/h1-8,16H. The van der Waals surface area contributed by atoms with Crippen molar-refractivity contribution in [1.29, 1.82) is 0 Å². The zero-order valence-electron chi connectivity index (χ0n) is 9.42. The first-order chi connectivity index (χ1) is 8.90.